The predicted octanol–water partition coefficient (Wildman–Crippen LogP) is 4.75. The van der Waals surface area contributed by atoms with Crippen LogP contribution in [0.5, 0.6) is 0 Å². The molecule has 0 aliphatic rings. The maximum Gasteiger partial charge on any atom is 0.323 e. The number of amides is 3. The molecule has 0 bridgehead atoms. The Bertz CT molecular complexity index is 972. The van der Waals surface area contributed by atoms with Gasteiger partial charge in [-0.2, -0.15) is 5.10 Å². The Morgan fingerprint density at radius 2 is 1.36 bits per heavy atom. The normalized spacial score (nSPS) is 10.5. The van der Waals surface area contributed by atoms with E-state index in [-0.39, 0.29) is 5.91 Å². The van der Waals surface area contributed by atoms with E-state index >= 15 is 0 Å². The van der Waals surface area contributed by atoms with Crippen LogP contribution in [0.2, 0.25) is 5.02 Å². The quantitative estimate of drug-likeness (QED) is 0.432. The Labute approximate surface area is 167 Å². The highest BCUT2D eigenvalue weighted by Crippen LogP contribution is 2.14. The van der Waals surface area contributed by atoms with Crippen LogP contribution in [0.15, 0.2) is 84.0 Å². The van der Waals surface area contributed by atoms with Crippen molar-refractivity contribution in [1.29, 1.82) is 0 Å². The zero-order valence-corrected chi connectivity index (χ0v) is 15.5. The van der Waals surface area contributed by atoms with Gasteiger partial charge in [0, 0.05) is 22.0 Å². The van der Waals surface area contributed by atoms with E-state index < -0.39 is 6.03 Å². The predicted molar refractivity (Wildman–Crippen MR) is 112 cm³/mol. The topological polar surface area (TPSA) is 82.6 Å². The third-order valence-corrected chi connectivity index (χ3v) is 3.94. The minimum absolute atomic E-state index is 0.343. The molecule has 0 spiro atoms. The molecule has 0 fully saturated rings. The molecule has 3 aromatic rings. The van der Waals surface area contributed by atoms with Gasteiger partial charge in [0.15, 0.2) is 0 Å². The zero-order chi connectivity index (χ0) is 19.8. The van der Waals surface area contributed by atoms with Crippen molar-refractivity contribution in [3.05, 3.63) is 95.0 Å². The van der Waals surface area contributed by atoms with Crippen LogP contribution in [0, 0.1) is 0 Å². The van der Waals surface area contributed by atoms with E-state index in [0.717, 1.165) is 5.56 Å². The fourth-order valence-corrected chi connectivity index (χ4v) is 2.43. The second-order valence-electron chi connectivity index (χ2n) is 5.77. The fraction of sp³-hybridized carbons (Fsp3) is 0. The first-order valence-electron chi connectivity index (χ1n) is 8.42. The van der Waals surface area contributed by atoms with E-state index in [1.807, 2.05) is 30.3 Å². The minimum atomic E-state index is -0.396. The summed E-state index contributed by atoms with van der Waals surface area (Å²) in [4.78, 5) is 24.1. The second kappa shape index (κ2) is 9.34. The first-order valence-corrected chi connectivity index (χ1v) is 8.80. The van der Waals surface area contributed by atoms with Gasteiger partial charge >= 0.3 is 6.03 Å². The number of hydrogen-bond donors (Lipinski definition) is 3. The Morgan fingerprint density at radius 3 is 1.96 bits per heavy atom. The van der Waals surface area contributed by atoms with Crippen molar-refractivity contribution in [3.8, 4) is 0 Å². The molecule has 7 heteroatoms. The van der Waals surface area contributed by atoms with Crippen molar-refractivity contribution < 1.29 is 9.59 Å². The molecule has 0 heterocycles. The van der Waals surface area contributed by atoms with Gasteiger partial charge < -0.3 is 10.6 Å². The third kappa shape index (κ3) is 5.69. The van der Waals surface area contributed by atoms with Crippen LogP contribution in [-0.2, 0) is 0 Å². The van der Waals surface area contributed by atoms with Crippen LogP contribution < -0.4 is 16.1 Å². The van der Waals surface area contributed by atoms with Gasteiger partial charge in [0.2, 0.25) is 0 Å². The molecule has 0 atom stereocenters. The summed E-state index contributed by atoms with van der Waals surface area (Å²) in [6, 6.07) is 22.3. The van der Waals surface area contributed by atoms with Crippen molar-refractivity contribution in [2.24, 2.45) is 5.10 Å². The SMILES string of the molecule is O=C(Nc1ccc(Cl)cc1)Nc1ccc(C(=O)NN=Cc2ccccc2)cc1. The number of anilines is 2. The lowest BCUT2D eigenvalue weighted by Gasteiger charge is -2.08. The number of urea groups is 1. The van der Waals surface area contributed by atoms with Crippen molar-refractivity contribution in [3.63, 3.8) is 0 Å². The summed E-state index contributed by atoms with van der Waals surface area (Å²) in [5.74, 6) is -0.343. The molecule has 0 unspecified atom stereocenters. The minimum Gasteiger partial charge on any atom is -0.308 e. The number of rotatable bonds is 5. The highest BCUT2D eigenvalue weighted by molar-refractivity contribution is 6.30. The molecule has 3 N–H and O–H groups in total. The molecule has 0 saturated heterocycles. The molecule has 140 valence electrons. The van der Waals surface area contributed by atoms with Gasteiger partial charge in [-0.3, -0.25) is 4.79 Å². The van der Waals surface area contributed by atoms with E-state index in [9.17, 15) is 9.59 Å². The Balaban J connectivity index is 1.52. The molecule has 0 aromatic heterocycles. The standard InChI is InChI=1S/C21H17ClN4O2/c22-17-8-12-19(13-9-17)25-21(28)24-18-10-6-16(7-11-18)20(27)26-23-14-15-4-2-1-3-5-15/h1-14H,(H,26,27)(H2,24,25,28). The fourth-order valence-electron chi connectivity index (χ4n) is 2.30. The monoisotopic (exact) mass is 392 g/mol. The number of carbonyl (C=O) groups is 2. The molecule has 0 aliphatic heterocycles. The van der Waals surface area contributed by atoms with Crippen molar-refractivity contribution in [2.75, 3.05) is 10.6 Å². The molecule has 28 heavy (non-hydrogen) atoms. The number of hydrogen-bond acceptors (Lipinski definition) is 3. The van der Waals surface area contributed by atoms with Crippen LogP contribution in [0.25, 0.3) is 0 Å². The van der Waals surface area contributed by atoms with Gasteiger partial charge in [0.05, 0.1) is 6.21 Å². The summed E-state index contributed by atoms with van der Waals surface area (Å²) in [5.41, 5.74) is 4.94. The summed E-state index contributed by atoms with van der Waals surface area (Å²) < 4.78 is 0. The maximum absolute atomic E-state index is 12.1. The summed E-state index contributed by atoms with van der Waals surface area (Å²) in [6.07, 6.45) is 1.56. The number of halogens is 1. The molecule has 3 amide bonds. The van der Waals surface area contributed by atoms with Gasteiger partial charge in [-0.05, 0) is 54.1 Å². The van der Waals surface area contributed by atoms with Gasteiger partial charge in [0.1, 0.15) is 0 Å². The average molecular weight is 393 g/mol. The number of nitrogens with zero attached hydrogens (tertiary/aromatic N) is 1. The maximum atomic E-state index is 12.1. The number of hydrazone groups is 1. The van der Waals surface area contributed by atoms with Crippen molar-refractivity contribution in [1.82, 2.24) is 5.43 Å². The lowest BCUT2D eigenvalue weighted by molar-refractivity contribution is 0.0955. The van der Waals surface area contributed by atoms with Crippen molar-refractivity contribution in [2.45, 2.75) is 0 Å². The number of benzene rings is 3. The molecule has 0 saturated carbocycles. The smallest absolute Gasteiger partial charge is 0.308 e. The molecule has 3 aromatic carbocycles. The third-order valence-electron chi connectivity index (χ3n) is 3.69. The van der Waals surface area contributed by atoms with Crippen LogP contribution in [-0.4, -0.2) is 18.2 Å². The van der Waals surface area contributed by atoms with Gasteiger partial charge in [0.25, 0.3) is 5.91 Å². The highest BCUT2D eigenvalue weighted by atomic mass is 35.5. The Kier molecular flexibility index (Phi) is 6.38. The molecular weight excluding hydrogens is 376 g/mol. The average Bonchev–Trinajstić information content (AvgIpc) is 2.71. The van der Waals surface area contributed by atoms with E-state index in [0.29, 0.717) is 22.0 Å². The van der Waals surface area contributed by atoms with Gasteiger partial charge in [-0.25, -0.2) is 10.2 Å². The van der Waals surface area contributed by atoms with Gasteiger partial charge in [-0.1, -0.05) is 41.9 Å². The molecule has 0 aliphatic carbocycles. The Hall–Kier alpha value is -3.64. The first kappa shape index (κ1) is 19.1. The van der Waals surface area contributed by atoms with E-state index in [2.05, 4.69) is 21.2 Å². The molecule has 6 nitrogen and oxygen atoms in total. The Morgan fingerprint density at radius 1 is 0.786 bits per heavy atom. The van der Waals surface area contributed by atoms with Crippen LogP contribution >= 0.6 is 11.6 Å². The first-order chi connectivity index (χ1) is 13.6. The van der Waals surface area contributed by atoms with E-state index in [1.54, 1.807) is 54.7 Å². The second-order valence-corrected chi connectivity index (χ2v) is 6.21. The summed E-state index contributed by atoms with van der Waals surface area (Å²) in [7, 11) is 0. The van der Waals surface area contributed by atoms with E-state index in [4.69, 9.17) is 11.6 Å². The highest BCUT2D eigenvalue weighted by Gasteiger charge is 2.06. The summed E-state index contributed by atoms with van der Waals surface area (Å²) in [5, 5.41) is 9.90. The van der Waals surface area contributed by atoms with Gasteiger partial charge in [-0.15, -0.1) is 0 Å². The lowest BCUT2D eigenvalue weighted by Crippen LogP contribution is -2.20. The molecular formula is C21H17ClN4O2. The summed E-state index contributed by atoms with van der Waals surface area (Å²) in [6.45, 7) is 0. The van der Waals surface area contributed by atoms with E-state index in [1.165, 1.54) is 0 Å². The van der Waals surface area contributed by atoms with Crippen LogP contribution in [0.4, 0.5) is 16.2 Å². The summed E-state index contributed by atoms with van der Waals surface area (Å²) >= 11 is 5.81. The van der Waals surface area contributed by atoms with Crippen LogP contribution in [0.1, 0.15) is 15.9 Å². The van der Waals surface area contributed by atoms with Crippen molar-refractivity contribution >= 4 is 41.1 Å². The zero-order valence-electron chi connectivity index (χ0n) is 14.7. The molecule has 3 rings (SSSR count). The number of carbonyl (C=O) groups excluding carboxylic acids is 2. The lowest BCUT2D eigenvalue weighted by atomic mass is 10.2. The largest absolute Gasteiger partial charge is 0.323 e. The van der Waals surface area contributed by atoms with Crippen LogP contribution in [0.3, 0.4) is 0 Å². The number of nitrogens with one attached hydrogen (secondary N) is 3. The molecule has 0 radical (unpaired) electrons.